The molecule has 1 fully saturated rings. The van der Waals surface area contributed by atoms with E-state index in [1.54, 1.807) is 23.2 Å². The van der Waals surface area contributed by atoms with Crippen LogP contribution >= 0.6 is 0 Å². The largest absolute Gasteiger partial charge is 0.325 e. The molecule has 1 N–H and O–H groups in total. The zero-order valence-electron chi connectivity index (χ0n) is 14.4. The Balaban J connectivity index is 0.00000261. The number of hydrogen-bond acceptors (Lipinski definition) is 2. The minimum absolute atomic E-state index is 0. The number of carbonyl (C=O) groups excluding carboxylic acids is 1. The van der Waals surface area contributed by atoms with Crippen molar-refractivity contribution in [3.05, 3.63) is 48.0 Å². The maximum atomic E-state index is 13.4. The monoisotopic (exact) mass is 365 g/mol. The van der Waals surface area contributed by atoms with Gasteiger partial charge in [-0.1, -0.05) is 6.07 Å². The van der Waals surface area contributed by atoms with Crippen LogP contribution in [0.25, 0.3) is 11.1 Å². The van der Waals surface area contributed by atoms with E-state index in [0.717, 1.165) is 17.3 Å². The Morgan fingerprint density at radius 2 is 2.00 bits per heavy atom. The standard InChI is InChI=1S/C19H20F3N3O.H2/c1-12-2-3-16(9-17(12)14-8-15(20)11-23-10-14)24-19(26)25-6-4-13(5-7-25)18(21)22;/h2-3,8-11,13,18H,4-7H2,1H3,(H,24,26);1H. The van der Waals surface area contributed by atoms with Crippen LogP contribution in [0, 0.1) is 18.7 Å². The number of halogens is 3. The summed E-state index contributed by atoms with van der Waals surface area (Å²) in [5, 5.41) is 2.79. The number of benzene rings is 1. The number of hydrogen-bond donors (Lipinski definition) is 1. The highest BCUT2D eigenvalue weighted by molar-refractivity contribution is 5.90. The van der Waals surface area contributed by atoms with Crippen molar-refractivity contribution < 1.29 is 19.4 Å². The fourth-order valence-electron chi connectivity index (χ4n) is 3.13. The summed E-state index contributed by atoms with van der Waals surface area (Å²) in [5.74, 6) is -1.07. The highest BCUT2D eigenvalue weighted by atomic mass is 19.3. The number of rotatable bonds is 3. The highest BCUT2D eigenvalue weighted by Gasteiger charge is 2.28. The summed E-state index contributed by atoms with van der Waals surface area (Å²) < 4.78 is 38.9. The van der Waals surface area contributed by atoms with Crippen LogP contribution in [0.2, 0.25) is 0 Å². The maximum absolute atomic E-state index is 13.4. The van der Waals surface area contributed by atoms with Crippen molar-refractivity contribution in [1.82, 2.24) is 9.88 Å². The van der Waals surface area contributed by atoms with Crippen LogP contribution in [0.5, 0.6) is 0 Å². The molecule has 7 heteroatoms. The van der Waals surface area contributed by atoms with E-state index in [4.69, 9.17) is 0 Å². The summed E-state index contributed by atoms with van der Waals surface area (Å²) in [5.41, 5.74) is 2.88. The molecule has 1 saturated heterocycles. The normalized spacial score (nSPS) is 15.3. The van der Waals surface area contributed by atoms with Gasteiger partial charge in [0, 0.05) is 37.9 Å². The van der Waals surface area contributed by atoms with Gasteiger partial charge in [-0.05, 0) is 49.1 Å². The second kappa shape index (κ2) is 7.76. The molecule has 1 aromatic heterocycles. The van der Waals surface area contributed by atoms with Gasteiger partial charge < -0.3 is 10.2 Å². The zero-order chi connectivity index (χ0) is 18.7. The molecule has 2 aromatic rings. The molecule has 26 heavy (non-hydrogen) atoms. The number of carbonyl (C=O) groups is 1. The van der Waals surface area contributed by atoms with E-state index in [0.29, 0.717) is 37.2 Å². The number of likely N-dealkylation sites (tertiary alicyclic amines) is 1. The van der Waals surface area contributed by atoms with Gasteiger partial charge >= 0.3 is 6.03 Å². The van der Waals surface area contributed by atoms with E-state index in [2.05, 4.69) is 10.3 Å². The summed E-state index contributed by atoms with van der Waals surface area (Å²) >= 11 is 0. The number of anilines is 1. The Kier molecular flexibility index (Phi) is 5.44. The second-order valence-electron chi connectivity index (χ2n) is 6.51. The van der Waals surface area contributed by atoms with Crippen LogP contribution in [0.3, 0.4) is 0 Å². The summed E-state index contributed by atoms with van der Waals surface area (Å²) in [6.07, 6.45) is 0.970. The van der Waals surface area contributed by atoms with E-state index < -0.39 is 18.2 Å². The Bertz CT molecular complexity index is 796. The smallest absolute Gasteiger partial charge is 0.321 e. The van der Waals surface area contributed by atoms with Crippen LogP contribution in [-0.4, -0.2) is 35.4 Å². The lowest BCUT2D eigenvalue weighted by Gasteiger charge is -2.31. The number of aromatic nitrogens is 1. The van der Waals surface area contributed by atoms with E-state index in [1.165, 1.54) is 6.07 Å². The zero-order valence-corrected chi connectivity index (χ0v) is 14.4. The van der Waals surface area contributed by atoms with Crippen LogP contribution in [0.15, 0.2) is 36.7 Å². The number of nitrogens with zero attached hydrogens (tertiary/aromatic N) is 2. The third-order valence-corrected chi connectivity index (χ3v) is 4.69. The van der Waals surface area contributed by atoms with Gasteiger partial charge in [0.1, 0.15) is 5.82 Å². The number of amides is 2. The number of aryl methyl sites for hydroxylation is 1. The lowest BCUT2D eigenvalue weighted by Crippen LogP contribution is -2.42. The number of piperidine rings is 1. The van der Waals surface area contributed by atoms with Crippen LogP contribution in [-0.2, 0) is 0 Å². The summed E-state index contributed by atoms with van der Waals surface area (Å²) in [6, 6.07) is 6.42. The van der Waals surface area contributed by atoms with Crippen molar-refractivity contribution >= 4 is 11.7 Å². The molecule has 1 aromatic carbocycles. The van der Waals surface area contributed by atoms with Gasteiger partial charge in [-0.25, -0.2) is 18.0 Å². The quantitative estimate of drug-likeness (QED) is 0.836. The van der Waals surface area contributed by atoms with Gasteiger partial charge in [-0.2, -0.15) is 0 Å². The van der Waals surface area contributed by atoms with E-state index in [-0.39, 0.29) is 7.46 Å². The molecule has 3 rings (SSSR count). The van der Waals surface area contributed by atoms with Gasteiger partial charge in [0.05, 0.1) is 6.20 Å². The molecule has 0 unspecified atom stereocenters. The number of nitrogens with one attached hydrogen (secondary N) is 1. The van der Waals surface area contributed by atoms with E-state index >= 15 is 0 Å². The third kappa shape index (κ3) is 4.15. The summed E-state index contributed by atoms with van der Waals surface area (Å²) in [4.78, 5) is 17.8. The number of alkyl halides is 2. The van der Waals surface area contributed by atoms with Crippen molar-refractivity contribution in [3.63, 3.8) is 0 Å². The molecule has 0 bridgehead atoms. The Morgan fingerprint density at radius 1 is 1.27 bits per heavy atom. The number of pyridine rings is 1. The molecule has 0 aliphatic carbocycles. The third-order valence-electron chi connectivity index (χ3n) is 4.69. The van der Waals surface area contributed by atoms with Gasteiger partial charge in [-0.3, -0.25) is 4.98 Å². The fourth-order valence-corrected chi connectivity index (χ4v) is 3.13. The van der Waals surface area contributed by atoms with Gasteiger partial charge in [0.25, 0.3) is 0 Å². The molecule has 2 amide bonds. The molecule has 4 nitrogen and oxygen atoms in total. The van der Waals surface area contributed by atoms with Crippen molar-refractivity contribution in [3.8, 4) is 11.1 Å². The van der Waals surface area contributed by atoms with E-state index in [9.17, 15) is 18.0 Å². The predicted molar refractivity (Wildman–Crippen MR) is 95.8 cm³/mol. The summed E-state index contributed by atoms with van der Waals surface area (Å²) in [6.45, 7) is 2.52. The Labute approximate surface area is 151 Å². The first-order valence-electron chi connectivity index (χ1n) is 8.49. The molecule has 2 heterocycles. The van der Waals surface area contributed by atoms with Crippen molar-refractivity contribution in [1.29, 1.82) is 0 Å². The van der Waals surface area contributed by atoms with E-state index in [1.807, 2.05) is 13.0 Å². The van der Waals surface area contributed by atoms with Crippen molar-refractivity contribution in [2.24, 2.45) is 5.92 Å². The first-order valence-corrected chi connectivity index (χ1v) is 8.49. The SMILES string of the molecule is Cc1ccc(NC(=O)N2CCC(C(F)F)CC2)cc1-c1cncc(F)c1.[HH]. The molecular formula is C19H22F3N3O. The van der Waals surface area contributed by atoms with Crippen LogP contribution in [0.4, 0.5) is 23.7 Å². The molecule has 140 valence electrons. The van der Waals surface area contributed by atoms with Crippen molar-refractivity contribution in [2.75, 3.05) is 18.4 Å². The fraction of sp³-hybridized carbons (Fsp3) is 0.368. The molecule has 1 aliphatic rings. The lowest BCUT2D eigenvalue weighted by molar-refractivity contribution is 0.0433. The van der Waals surface area contributed by atoms with Gasteiger partial charge in [0.15, 0.2) is 0 Å². The molecule has 1 aliphatic heterocycles. The number of urea groups is 1. The molecule has 0 spiro atoms. The molecule has 0 atom stereocenters. The van der Waals surface area contributed by atoms with Crippen molar-refractivity contribution in [2.45, 2.75) is 26.2 Å². The lowest BCUT2D eigenvalue weighted by atomic mass is 9.98. The highest BCUT2D eigenvalue weighted by Crippen LogP contribution is 2.28. The molecule has 0 radical (unpaired) electrons. The predicted octanol–water partition coefficient (Wildman–Crippen LogP) is 4.95. The Morgan fingerprint density at radius 3 is 2.65 bits per heavy atom. The average molecular weight is 365 g/mol. The topological polar surface area (TPSA) is 45.2 Å². The van der Waals surface area contributed by atoms with Gasteiger partial charge in [-0.15, -0.1) is 0 Å². The van der Waals surface area contributed by atoms with Gasteiger partial charge in [0.2, 0.25) is 6.43 Å². The van der Waals surface area contributed by atoms with Crippen LogP contribution in [0.1, 0.15) is 19.8 Å². The molecular weight excluding hydrogens is 343 g/mol. The maximum Gasteiger partial charge on any atom is 0.321 e. The molecule has 0 saturated carbocycles. The van der Waals surface area contributed by atoms with Crippen LogP contribution < -0.4 is 5.32 Å². The Hall–Kier alpha value is -2.57. The first kappa shape index (κ1) is 18.2. The summed E-state index contributed by atoms with van der Waals surface area (Å²) in [7, 11) is 0. The first-order chi connectivity index (χ1) is 12.4. The second-order valence-corrected chi connectivity index (χ2v) is 6.51. The minimum atomic E-state index is -2.33. The minimum Gasteiger partial charge on any atom is -0.325 e. The average Bonchev–Trinajstić information content (AvgIpc) is 2.63.